The zero-order valence-electron chi connectivity index (χ0n) is 23.9. The number of anilines is 1. The molecular weight excluding hydrogens is 561 g/mol. The molecule has 9 nitrogen and oxygen atoms in total. The van der Waals surface area contributed by atoms with Crippen LogP contribution in [-0.4, -0.2) is 73.4 Å². The van der Waals surface area contributed by atoms with Gasteiger partial charge in [0.15, 0.2) is 0 Å². The number of rotatable bonds is 9. The van der Waals surface area contributed by atoms with Crippen molar-refractivity contribution >= 4 is 27.5 Å². The minimum absolute atomic E-state index is 0.0365. The summed E-state index contributed by atoms with van der Waals surface area (Å²) in [6.45, 7) is 3.53. The van der Waals surface area contributed by atoms with Gasteiger partial charge < -0.3 is 20.1 Å². The Morgan fingerprint density at radius 1 is 1.14 bits per heavy atom. The Morgan fingerprint density at radius 2 is 1.83 bits per heavy atom. The zero-order valence-corrected chi connectivity index (χ0v) is 24.7. The van der Waals surface area contributed by atoms with E-state index < -0.39 is 28.0 Å². The van der Waals surface area contributed by atoms with Crippen molar-refractivity contribution in [1.29, 1.82) is 0 Å². The quantitative estimate of drug-likeness (QED) is 0.390. The van der Waals surface area contributed by atoms with Crippen LogP contribution >= 0.6 is 0 Å². The Bertz CT molecular complexity index is 1500. The molecule has 224 valence electrons. The summed E-state index contributed by atoms with van der Waals surface area (Å²) in [5.74, 6) is -0.919. The van der Waals surface area contributed by atoms with E-state index >= 15 is 0 Å². The van der Waals surface area contributed by atoms with Gasteiger partial charge in [-0.15, -0.1) is 0 Å². The second kappa shape index (κ2) is 13.5. The van der Waals surface area contributed by atoms with E-state index in [2.05, 4.69) is 5.32 Å². The number of ether oxygens (including phenoxy) is 1. The molecule has 3 aromatic rings. The van der Waals surface area contributed by atoms with Crippen molar-refractivity contribution in [2.45, 2.75) is 43.7 Å². The highest BCUT2D eigenvalue weighted by Crippen LogP contribution is 2.30. The summed E-state index contributed by atoms with van der Waals surface area (Å²) in [5.41, 5.74) is 1.88. The Balaban J connectivity index is 1.62. The van der Waals surface area contributed by atoms with E-state index in [1.807, 2.05) is 37.3 Å². The van der Waals surface area contributed by atoms with Gasteiger partial charge in [0.05, 0.1) is 36.9 Å². The van der Waals surface area contributed by atoms with Gasteiger partial charge in [-0.1, -0.05) is 37.3 Å². The van der Waals surface area contributed by atoms with Crippen molar-refractivity contribution < 1.29 is 32.2 Å². The summed E-state index contributed by atoms with van der Waals surface area (Å²) in [6.07, 6.45) is -0.531. The number of aliphatic hydroxyl groups excluding tert-OH is 1. The molecular formula is C31H36FN3O6S. The van der Waals surface area contributed by atoms with Crippen LogP contribution in [-0.2, 0) is 32.5 Å². The number of sulfonamides is 1. The van der Waals surface area contributed by atoms with E-state index in [0.29, 0.717) is 17.0 Å². The number of fused-ring (bicyclic) bond motifs is 1. The lowest BCUT2D eigenvalue weighted by molar-refractivity contribution is -0.134. The van der Waals surface area contributed by atoms with Crippen molar-refractivity contribution in [3.63, 3.8) is 0 Å². The molecule has 3 aromatic carbocycles. The Hall–Kier alpha value is -3.80. The largest absolute Gasteiger partial charge is 0.488 e. The van der Waals surface area contributed by atoms with Crippen LogP contribution in [0.4, 0.5) is 10.1 Å². The topological polar surface area (TPSA) is 116 Å². The molecule has 0 radical (unpaired) electrons. The summed E-state index contributed by atoms with van der Waals surface area (Å²) in [4.78, 5) is 27.7. The lowest BCUT2D eigenvalue weighted by atomic mass is 10.0. The summed E-state index contributed by atoms with van der Waals surface area (Å²) >= 11 is 0. The monoisotopic (exact) mass is 597 g/mol. The van der Waals surface area contributed by atoms with Crippen molar-refractivity contribution in [1.82, 2.24) is 9.21 Å². The van der Waals surface area contributed by atoms with Gasteiger partial charge >= 0.3 is 0 Å². The van der Waals surface area contributed by atoms with Crippen LogP contribution in [0.15, 0.2) is 77.7 Å². The number of benzene rings is 3. The average Bonchev–Trinajstić information content (AvgIpc) is 3.00. The first-order chi connectivity index (χ1) is 20.0. The highest BCUT2D eigenvalue weighted by atomic mass is 32.2. The zero-order chi connectivity index (χ0) is 30.4. The van der Waals surface area contributed by atoms with E-state index in [0.717, 1.165) is 22.0 Å². The lowest BCUT2D eigenvalue weighted by Gasteiger charge is -2.33. The molecule has 0 aromatic heterocycles. The smallest absolute Gasteiger partial charge is 0.242 e. The highest BCUT2D eigenvalue weighted by molar-refractivity contribution is 7.89. The minimum Gasteiger partial charge on any atom is -0.488 e. The first-order valence-corrected chi connectivity index (χ1v) is 15.2. The SMILES string of the molecule is C[C@@H]1CN([C@@H](C)CO)C(=O)Cc2cc(NC(=O)Cc3ccccc3)ccc2O[C@H]1CN(C)S(=O)(=O)c1ccc(F)cc1. The Kier molecular flexibility index (Phi) is 9.97. The number of carbonyl (C=O) groups is 2. The maximum Gasteiger partial charge on any atom is 0.242 e. The third-order valence-corrected chi connectivity index (χ3v) is 9.20. The van der Waals surface area contributed by atoms with Crippen LogP contribution in [0.3, 0.4) is 0 Å². The maximum absolute atomic E-state index is 13.4. The minimum atomic E-state index is -3.96. The number of carbonyl (C=O) groups excluding carboxylic acids is 2. The van der Waals surface area contributed by atoms with Crippen molar-refractivity contribution in [2.75, 3.05) is 32.1 Å². The molecule has 42 heavy (non-hydrogen) atoms. The standard InChI is InChI=1S/C31H36FN3O6S/c1-21-18-35(22(2)20-36)31(38)17-24-16-26(33-30(37)15-23-7-5-4-6-8-23)11-14-28(24)41-29(21)19-34(3)42(39,40)27-12-9-25(32)10-13-27/h4-14,16,21-22,29,36H,15,17-20H2,1-3H3,(H,33,37)/t21-,22+,29+/m1/s1. The van der Waals surface area contributed by atoms with Gasteiger partial charge in [0.25, 0.3) is 0 Å². The normalized spacial score (nSPS) is 18.3. The van der Waals surface area contributed by atoms with Crippen molar-refractivity contribution in [2.24, 2.45) is 5.92 Å². The number of halogens is 1. The fraction of sp³-hybridized carbons (Fsp3) is 0.355. The predicted molar refractivity (Wildman–Crippen MR) is 157 cm³/mol. The Labute approximate surface area is 246 Å². The number of hydrogen-bond acceptors (Lipinski definition) is 6. The first kappa shape index (κ1) is 31.1. The summed E-state index contributed by atoms with van der Waals surface area (Å²) < 4.78 is 47.5. The van der Waals surface area contributed by atoms with E-state index in [4.69, 9.17) is 4.74 Å². The predicted octanol–water partition coefficient (Wildman–Crippen LogP) is 3.48. The molecule has 3 atom stereocenters. The third-order valence-electron chi connectivity index (χ3n) is 7.37. The molecule has 0 saturated heterocycles. The van der Waals surface area contributed by atoms with Crippen LogP contribution in [0, 0.1) is 11.7 Å². The molecule has 1 aliphatic rings. The number of aliphatic hydroxyl groups is 1. The van der Waals surface area contributed by atoms with E-state index in [-0.39, 0.29) is 55.2 Å². The van der Waals surface area contributed by atoms with Crippen molar-refractivity contribution in [3.8, 4) is 5.75 Å². The summed E-state index contributed by atoms with van der Waals surface area (Å²) in [7, 11) is -2.54. The lowest BCUT2D eigenvalue weighted by Crippen LogP contribution is -2.48. The molecule has 0 spiro atoms. The molecule has 0 fully saturated rings. The number of nitrogens with zero attached hydrogens (tertiary/aromatic N) is 2. The van der Waals surface area contributed by atoms with Gasteiger partial charge in [0.2, 0.25) is 21.8 Å². The Morgan fingerprint density at radius 3 is 2.50 bits per heavy atom. The summed E-state index contributed by atoms with van der Waals surface area (Å²) in [6, 6.07) is 18.5. The fourth-order valence-electron chi connectivity index (χ4n) is 4.85. The van der Waals surface area contributed by atoms with E-state index in [1.165, 1.54) is 19.2 Å². The van der Waals surface area contributed by atoms with Gasteiger partial charge in [-0.05, 0) is 55.0 Å². The number of hydrogen-bond donors (Lipinski definition) is 2. The van der Waals surface area contributed by atoms with E-state index in [9.17, 15) is 27.5 Å². The molecule has 11 heteroatoms. The molecule has 2 amide bonds. The molecule has 0 aliphatic carbocycles. The van der Waals surface area contributed by atoms with Gasteiger partial charge in [-0.25, -0.2) is 12.8 Å². The molecule has 0 unspecified atom stereocenters. The van der Waals surface area contributed by atoms with Crippen LogP contribution in [0.25, 0.3) is 0 Å². The van der Waals surface area contributed by atoms with Crippen LogP contribution < -0.4 is 10.1 Å². The van der Waals surface area contributed by atoms with Crippen LogP contribution in [0.1, 0.15) is 25.0 Å². The summed E-state index contributed by atoms with van der Waals surface area (Å²) in [5, 5.41) is 12.7. The highest BCUT2D eigenvalue weighted by Gasteiger charge is 2.33. The number of nitrogens with one attached hydrogen (secondary N) is 1. The first-order valence-electron chi connectivity index (χ1n) is 13.7. The molecule has 0 bridgehead atoms. The second-order valence-corrected chi connectivity index (χ2v) is 12.7. The van der Waals surface area contributed by atoms with E-state index in [1.54, 1.807) is 30.0 Å². The molecule has 4 rings (SSSR count). The molecule has 0 saturated carbocycles. The van der Waals surface area contributed by atoms with Gasteiger partial charge in [0, 0.05) is 30.8 Å². The van der Waals surface area contributed by atoms with Crippen LogP contribution in [0.5, 0.6) is 5.75 Å². The fourth-order valence-corrected chi connectivity index (χ4v) is 6.03. The van der Waals surface area contributed by atoms with Crippen molar-refractivity contribution in [3.05, 3.63) is 89.7 Å². The second-order valence-electron chi connectivity index (χ2n) is 10.7. The number of likely N-dealkylation sites (N-methyl/N-ethyl adjacent to an activating group) is 1. The average molecular weight is 598 g/mol. The molecule has 1 aliphatic heterocycles. The van der Waals surface area contributed by atoms with Gasteiger partial charge in [-0.3, -0.25) is 9.59 Å². The van der Waals surface area contributed by atoms with Gasteiger partial charge in [0.1, 0.15) is 17.7 Å². The van der Waals surface area contributed by atoms with Crippen LogP contribution in [0.2, 0.25) is 0 Å². The van der Waals surface area contributed by atoms with Gasteiger partial charge in [-0.2, -0.15) is 4.31 Å². The third kappa shape index (κ3) is 7.53. The number of amides is 2. The molecule has 1 heterocycles. The molecule has 2 N–H and O–H groups in total. The maximum atomic E-state index is 13.4.